The number of benzene rings is 1. The molecule has 0 amide bonds. The topological polar surface area (TPSA) is 64.8 Å². The van der Waals surface area contributed by atoms with Gasteiger partial charge in [-0.2, -0.15) is 14.6 Å². The lowest BCUT2D eigenvalue weighted by Crippen LogP contribution is -2.62. The number of fused-ring (bicyclic) bond motifs is 1. The zero-order chi connectivity index (χ0) is 19.0. The zero-order valence-corrected chi connectivity index (χ0v) is 16.2. The first-order valence-electron chi connectivity index (χ1n) is 9.14. The van der Waals surface area contributed by atoms with Crippen LogP contribution in [0, 0.1) is 5.41 Å². The number of ether oxygens (including phenoxy) is 2. The van der Waals surface area contributed by atoms with E-state index in [1.165, 1.54) is 6.33 Å². The summed E-state index contributed by atoms with van der Waals surface area (Å²) in [6.45, 7) is 4.94. The van der Waals surface area contributed by atoms with Gasteiger partial charge in [0.25, 0.3) is 5.78 Å². The van der Waals surface area contributed by atoms with Crippen molar-refractivity contribution in [1.29, 1.82) is 0 Å². The molecule has 1 aliphatic carbocycles. The molecular formula is C20H25N5O2. The van der Waals surface area contributed by atoms with Gasteiger partial charge in [-0.1, -0.05) is 32.0 Å². The number of para-hydroxylation sites is 1. The first kappa shape index (κ1) is 17.7. The Balaban J connectivity index is 1.58. The first-order chi connectivity index (χ1) is 13.0. The second kappa shape index (κ2) is 6.81. The molecule has 7 nitrogen and oxygen atoms in total. The summed E-state index contributed by atoms with van der Waals surface area (Å²) in [5.41, 5.74) is 0.830. The summed E-state index contributed by atoms with van der Waals surface area (Å²) in [7, 11) is 3.76. The summed E-state index contributed by atoms with van der Waals surface area (Å²) < 4.78 is 13.3. The summed E-state index contributed by atoms with van der Waals surface area (Å²) in [5, 5.41) is 4.35. The molecule has 1 aromatic carbocycles. The maximum absolute atomic E-state index is 6.22. The SMILES string of the molecule is COCc1cc(N(C)[C@H]2C[C@@H](Oc3ccccc3)C2(C)C)n2ncnc2n1. The molecule has 7 heteroatoms. The van der Waals surface area contributed by atoms with E-state index in [4.69, 9.17) is 9.47 Å². The van der Waals surface area contributed by atoms with E-state index in [1.54, 1.807) is 11.6 Å². The van der Waals surface area contributed by atoms with Crippen LogP contribution in [0.25, 0.3) is 5.78 Å². The summed E-state index contributed by atoms with van der Waals surface area (Å²) >= 11 is 0. The molecular weight excluding hydrogens is 342 g/mol. The summed E-state index contributed by atoms with van der Waals surface area (Å²) in [6.07, 6.45) is 2.64. The molecule has 27 heavy (non-hydrogen) atoms. The maximum atomic E-state index is 6.22. The van der Waals surface area contributed by atoms with Crippen molar-refractivity contribution in [2.24, 2.45) is 5.41 Å². The number of anilines is 1. The lowest BCUT2D eigenvalue weighted by molar-refractivity contribution is -0.0418. The lowest BCUT2D eigenvalue weighted by Gasteiger charge is -2.55. The van der Waals surface area contributed by atoms with Crippen LogP contribution in [0.4, 0.5) is 5.82 Å². The zero-order valence-electron chi connectivity index (χ0n) is 16.2. The normalized spacial score (nSPS) is 21.0. The van der Waals surface area contributed by atoms with Gasteiger partial charge in [0.1, 0.15) is 24.0 Å². The minimum atomic E-state index is -0.0117. The molecule has 2 heterocycles. The van der Waals surface area contributed by atoms with Crippen LogP contribution in [-0.2, 0) is 11.3 Å². The predicted octanol–water partition coefficient (Wildman–Crippen LogP) is 2.95. The van der Waals surface area contributed by atoms with Gasteiger partial charge < -0.3 is 14.4 Å². The Bertz CT molecular complexity index is 925. The molecule has 0 aliphatic heterocycles. The molecule has 0 bridgehead atoms. The highest BCUT2D eigenvalue weighted by molar-refractivity contribution is 5.49. The quantitative estimate of drug-likeness (QED) is 0.667. The molecule has 0 unspecified atom stereocenters. The van der Waals surface area contributed by atoms with Crippen molar-refractivity contribution in [3.8, 4) is 5.75 Å². The number of nitrogens with zero attached hydrogens (tertiary/aromatic N) is 5. The van der Waals surface area contributed by atoms with Crippen LogP contribution < -0.4 is 9.64 Å². The highest BCUT2D eigenvalue weighted by Crippen LogP contribution is 2.46. The van der Waals surface area contributed by atoms with Crippen LogP contribution in [-0.4, -0.2) is 45.9 Å². The van der Waals surface area contributed by atoms with Gasteiger partial charge in [-0.25, -0.2) is 4.98 Å². The molecule has 0 radical (unpaired) electrons. The van der Waals surface area contributed by atoms with E-state index in [0.717, 1.165) is 23.7 Å². The second-order valence-corrected chi connectivity index (χ2v) is 7.61. The Kier molecular flexibility index (Phi) is 4.47. The molecule has 1 fully saturated rings. The third-order valence-corrected chi connectivity index (χ3v) is 5.55. The van der Waals surface area contributed by atoms with Gasteiger partial charge in [-0.05, 0) is 12.1 Å². The van der Waals surface area contributed by atoms with Crippen molar-refractivity contribution in [2.45, 2.75) is 39.0 Å². The van der Waals surface area contributed by atoms with E-state index in [2.05, 4.69) is 40.9 Å². The molecule has 2 aromatic heterocycles. The fraction of sp³-hybridized carbons (Fsp3) is 0.450. The minimum Gasteiger partial charge on any atom is -0.490 e. The van der Waals surface area contributed by atoms with E-state index >= 15 is 0 Å². The first-order valence-corrected chi connectivity index (χ1v) is 9.14. The molecule has 1 saturated carbocycles. The standard InChI is InChI=1S/C20H25N5O2/c1-20(2)16(11-17(20)27-15-8-6-5-7-9-15)24(3)18-10-14(12-26-4)23-19-21-13-22-25(18)19/h5-10,13,16-17H,11-12H2,1-4H3/t16-,17+/m0/s1. The molecule has 0 saturated heterocycles. The van der Waals surface area contributed by atoms with Crippen molar-refractivity contribution in [1.82, 2.24) is 19.6 Å². The van der Waals surface area contributed by atoms with Crippen LogP contribution in [0.15, 0.2) is 42.7 Å². The highest BCUT2D eigenvalue weighted by Gasteiger charge is 2.52. The number of rotatable bonds is 6. The van der Waals surface area contributed by atoms with Crippen LogP contribution in [0.5, 0.6) is 5.75 Å². The molecule has 3 aromatic rings. The Hall–Kier alpha value is -2.67. The van der Waals surface area contributed by atoms with Crippen LogP contribution >= 0.6 is 0 Å². The van der Waals surface area contributed by atoms with E-state index < -0.39 is 0 Å². The second-order valence-electron chi connectivity index (χ2n) is 7.61. The average molecular weight is 367 g/mol. The molecule has 0 N–H and O–H groups in total. The highest BCUT2D eigenvalue weighted by atomic mass is 16.5. The minimum absolute atomic E-state index is 0.0117. The largest absolute Gasteiger partial charge is 0.490 e. The van der Waals surface area contributed by atoms with E-state index in [1.807, 2.05) is 36.4 Å². The van der Waals surface area contributed by atoms with E-state index in [9.17, 15) is 0 Å². The van der Waals surface area contributed by atoms with Crippen molar-refractivity contribution < 1.29 is 9.47 Å². The van der Waals surface area contributed by atoms with Gasteiger partial charge >= 0.3 is 0 Å². The smallest absolute Gasteiger partial charge is 0.254 e. The fourth-order valence-corrected chi connectivity index (χ4v) is 3.86. The summed E-state index contributed by atoms with van der Waals surface area (Å²) in [6, 6.07) is 12.3. The van der Waals surface area contributed by atoms with Crippen molar-refractivity contribution in [3.05, 3.63) is 48.4 Å². The average Bonchev–Trinajstić information content (AvgIpc) is 3.13. The number of aromatic nitrogens is 4. The third kappa shape index (κ3) is 3.12. The molecule has 0 spiro atoms. The van der Waals surface area contributed by atoms with E-state index in [0.29, 0.717) is 18.4 Å². The number of hydrogen-bond acceptors (Lipinski definition) is 6. The van der Waals surface area contributed by atoms with Gasteiger partial charge in [0.05, 0.1) is 12.3 Å². The van der Waals surface area contributed by atoms with Gasteiger partial charge in [0.2, 0.25) is 0 Å². The van der Waals surface area contributed by atoms with Gasteiger partial charge in [-0.3, -0.25) is 0 Å². The van der Waals surface area contributed by atoms with Gasteiger partial charge in [0, 0.05) is 38.1 Å². The summed E-state index contributed by atoms with van der Waals surface area (Å²) in [4.78, 5) is 11.0. The Morgan fingerprint density at radius 3 is 2.74 bits per heavy atom. The van der Waals surface area contributed by atoms with Gasteiger partial charge in [-0.15, -0.1) is 0 Å². The third-order valence-electron chi connectivity index (χ3n) is 5.55. The number of hydrogen-bond donors (Lipinski definition) is 0. The van der Waals surface area contributed by atoms with Crippen LogP contribution in [0.2, 0.25) is 0 Å². The fourth-order valence-electron chi connectivity index (χ4n) is 3.86. The van der Waals surface area contributed by atoms with Crippen molar-refractivity contribution in [3.63, 3.8) is 0 Å². The monoisotopic (exact) mass is 367 g/mol. The van der Waals surface area contributed by atoms with E-state index in [-0.39, 0.29) is 11.5 Å². The Morgan fingerprint density at radius 1 is 1.26 bits per heavy atom. The van der Waals surface area contributed by atoms with Crippen LogP contribution in [0.3, 0.4) is 0 Å². The van der Waals surface area contributed by atoms with Crippen molar-refractivity contribution >= 4 is 11.6 Å². The van der Waals surface area contributed by atoms with Crippen molar-refractivity contribution in [2.75, 3.05) is 19.1 Å². The predicted molar refractivity (Wildman–Crippen MR) is 103 cm³/mol. The van der Waals surface area contributed by atoms with Gasteiger partial charge in [0.15, 0.2) is 0 Å². The Labute approximate surface area is 158 Å². The number of methoxy groups -OCH3 is 1. The molecule has 1 aliphatic rings. The molecule has 142 valence electrons. The Morgan fingerprint density at radius 2 is 2.04 bits per heavy atom. The molecule has 4 rings (SSSR count). The maximum Gasteiger partial charge on any atom is 0.254 e. The lowest BCUT2D eigenvalue weighted by atomic mass is 9.64. The summed E-state index contributed by atoms with van der Waals surface area (Å²) in [5.74, 6) is 2.46. The van der Waals surface area contributed by atoms with Crippen LogP contribution in [0.1, 0.15) is 26.0 Å². The molecule has 2 atom stereocenters.